The zero-order valence-corrected chi connectivity index (χ0v) is 12.2. The van der Waals surface area contributed by atoms with Gasteiger partial charge in [-0.15, -0.1) is 0 Å². The number of nitrogens with zero attached hydrogens (tertiary/aromatic N) is 2. The van der Waals surface area contributed by atoms with Crippen LogP contribution in [0.3, 0.4) is 0 Å². The quantitative estimate of drug-likeness (QED) is 0.905. The van der Waals surface area contributed by atoms with Crippen LogP contribution >= 0.6 is 0 Å². The van der Waals surface area contributed by atoms with Gasteiger partial charge in [0.1, 0.15) is 12.1 Å². The third kappa shape index (κ3) is 2.99. The number of ether oxygens (including phenoxy) is 2. The maximum absolute atomic E-state index is 5.81. The molecule has 0 saturated carbocycles. The molecule has 0 saturated heterocycles. The Morgan fingerprint density at radius 1 is 1.15 bits per heavy atom. The van der Waals surface area contributed by atoms with E-state index in [4.69, 9.17) is 9.47 Å². The van der Waals surface area contributed by atoms with Gasteiger partial charge in [0.2, 0.25) is 5.75 Å². The number of nitrogens with one attached hydrogen (secondary N) is 1. The Hall–Kier alpha value is -2.30. The second-order valence-corrected chi connectivity index (χ2v) is 4.44. The average molecular weight is 273 g/mol. The molecule has 2 aromatic rings. The van der Waals surface area contributed by atoms with E-state index in [9.17, 15) is 0 Å². The highest BCUT2D eigenvalue weighted by molar-refractivity contribution is 5.56. The van der Waals surface area contributed by atoms with Crippen molar-refractivity contribution >= 4 is 5.82 Å². The van der Waals surface area contributed by atoms with Gasteiger partial charge in [0.15, 0.2) is 5.82 Å². The van der Waals surface area contributed by atoms with Gasteiger partial charge in [0.05, 0.1) is 7.11 Å². The second kappa shape index (κ2) is 6.23. The Morgan fingerprint density at radius 2 is 1.95 bits per heavy atom. The summed E-state index contributed by atoms with van der Waals surface area (Å²) in [6, 6.07) is 5.91. The highest BCUT2D eigenvalue weighted by Gasteiger charge is 2.13. The van der Waals surface area contributed by atoms with Gasteiger partial charge < -0.3 is 14.8 Å². The van der Waals surface area contributed by atoms with Gasteiger partial charge in [-0.1, -0.05) is 6.07 Å². The maximum atomic E-state index is 5.81. The van der Waals surface area contributed by atoms with Crippen LogP contribution in [0, 0.1) is 13.8 Å². The van der Waals surface area contributed by atoms with Crippen molar-refractivity contribution in [2.45, 2.75) is 20.8 Å². The van der Waals surface area contributed by atoms with E-state index < -0.39 is 0 Å². The molecule has 1 N–H and O–H groups in total. The minimum Gasteiger partial charge on any atom is -0.489 e. The number of methoxy groups -OCH3 is 1. The predicted molar refractivity (Wildman–Crippen MR) is 78.7 cm³/mol. The van der Waals surface area contributed by atoms with Gasteiger partial charge in [-0.05, 0) is 44.0 Å². The fourth-order valence-corrected chi connectivity index (χ4v) is 1.80. The molecule has 0 radical (unpaired) electrons. The van der Waals surface area contributed by atoms with Crippen LogP contribution in [0.2, 0.25) is 0 Å². The number of hydrogen-bond acceptors (Lipinski definition) is 5. The molecule has 0 bridgehead atoms. The van der Waals surface area contributed by atoms with Gasteiger partial charge in [-0.25, -0.2) is 4.98 Å². The van der Waals surface area contributed by atoms with Gasteiger partial charge in [-0.2, -0.15) is 4.98 Å². The maximum Gasteiger partial charge on any atom is 0.268 e. The smallest absolute Gasteiger partial charge is 0.268 e. The molecular formula is C15H19N3O2. The molecule has 1 aromatic carbocycles. The summed E-state index contributed by atoms with van der Waals surface area (Å²) in [5.74, 6) is 2.27. The number of benzene rings is 1. The molecule has 1 aromatic heterocycles. The molecule has 0 aliphatic heterocycles. The fourth-order valence-electron chi connectivity index (χ4n) is 1.80. The molecule has 20 heavy (non-hydrogen) atoms. The van der Waals surface area contributed by atoms with Crippen molar-refractivity contribution < 1.29 is 9.47 Å². The van der Waals surface area contributed by atoms with Crippen LogP contribution in [-0.4, -0.2) is 23.6 Å². The Kier molecular flexibility index (Phi) is 4.40. The monoisotopic (exact) mass is 273 g/mol. The summed E-state index contributed by atoms with van der Waals surface area (Å²) in [6.45, 7) is 6.85. The van der Waals surface area contributed by atoms with Crippen LogP contribution < -0.4 is 14.8 Å². The number of hydrogen-bond donors (Lipinski definition) is 1. The van der Waals surface area contributed by atoms with Gasteiger partial charge in [0.25, 0.3) is 5.88 Å². The molecule has 5 heteroatoms. The molecule has 0 aliphatic rings. The van der Waals surface area contributed by atoms with E-state index in [2.05, 4.69) is 22.2 Å². The molecule has 0 unspecified atom stereocenters. The minimum atomic E-state index is 0.404. The van der Waals surface area contributed by atoms with Crippen LogP contribution in [0.1, 0.15) is 18.1 Å². The largest absolute Gasteiger partial charge is 0.489 e. The molecule has 1 heterocycles. The number of aromatic nitrogens is 2. The fraction of sp³-hybridized carbons (Fsp3) is 0.333. The van der Waals surface area contributed by atoms with E-state index in [1.165, 1.54) is 17.5 Å². The van der Waals surface area contributed by atoms with Crippen LogP contribution in [0.15, 0.2) is 24.5 Å². The van der Waals surface area contributed by atoms with Crippen molar-refractivity contribution in [1.29, 1.82) is 0 Å². The normalized spacial score (nSPS) is 10.2. The molecule has 0 fully saturated rings. The first-order valence-corrected chi connectivity index (χ1v) is 6.53. The predicted octanol–water partition coefficient (Wildman–Crippen LogP) is 3.33. The van der Waals surface area contributed by atoms with Crippen molar-refractivity contribution in [1.82, 2.24) is 9.97 Å². The number of rotatable bonds is 5. The summed E-state index contributed by atoms with van der Waals surface area (Å²) < 4.78 is 11.1. The minimum absolute atomic E-state index is 0.404. The molecule has 0 atom stereocenters. The standard InChI is InChI=1S/C15H19N3O2/c1-5-16-14-13(19-4)15(18-9-17-14)20-12-7-6-10(2)11(3)8-12/h6-9H,5H2,1-4H3,(H,16,17,18). The summed E-state index contributed by atoms with van der Waals surface area (Å²) in [6.07, 6.45) is 1.46. The molecule has 5 nitrogen and oxygen atoms in total. The van der Waals surface area contributed by atoms with E-state index in [0.29, 0.717) is 17.4 Å². The molecular weight excluding hydrogens is 254 g/mol. The lowest BCUT2D eigenvalue weighted by atomic mass is 10.1. The molecule has 0 spiro atoms. The lowest BCUT2D eigenvalue weighted by Crippen LogP contribution is -2.04. The second-order valence-electron chi connectivity index (χ2n) is 4.44. The summed E-state index contributed by atoms with van der Waals surface area (Å²) >= 11 is 0. The zero-order chi connectivity index (χ0) is 14.5. The van der Waals surface area contributed by atoms with Crippen molar-refractivity contribution in [2.24, 2.45) is 0 Å². The first kappa shape index (κ1) is 14.1. The Bertz CT molecular complexity index is 600. The Labute approximate surface area is 119 Å². The Balaban J connectivity index is 2.32. The number of aryl methyl sites for hydroxylation is 2. The SMILES string of the molecule is CCNc1ncnc(Oc2ccc(C)c(C)c2)c1OC. The molecule has 0 amide bonds. The third-order valence-electron chi connectivity index (χ3n) is 3.01. The average Bonchev–Trinajstić information content (AvgIpc) is 2.44. The van der Waals surface area contributed by atoms with Crippen molar-refractivity contribution in [2.75, 3.05) is 19.0 Å². The van der Waals surface area contributed by atoms with Crippen LogP contribution in [0.5, 0.6) is 17.4 Å². The van der Waals surface area contributed by atoms with Crippen LogP contribution in [-0.2, 0) is 0 Å². The molecule has 0 aliphatic carbocycles. The van der Waals surface area contributed by atoms with Gasteiger partial charge in [0, 0.05) is 6.54 Å². The zero-order valence-electron chi connectivity index (χ0n) is 12.2. The van der Waals surface area contributed by atoms with E-state index in [1.807, 2.05) is 32.0 Å². The van der Waals surface area contributed by atoms with Crippen LogP contribution in [0.25, 0.3) is 0 Å². The third-order valence-corrected chi connectivity index (χ3v) is 3.01. The lowest BCUT2D eigenvalue weighted by Gasteiger charge is -2.13. The van der Waals surface area contributed by atoms with Crippen molar-refractivity contribution in [3.05, 3.63) is 35.7 Å². The summed E-state index contributed by atoms with van der Waals surface area (Å²) in [4.78, 5) is 8.29. The summed E-state index contributed by atoms with van der Waals surface area (Å²) in [5, 5.41) is 3.12. The highest BCUT2D eigenvalue weighted by Crippen LogP contribution is 2.34. The van der Waals surface area contributed by atoms with E-state index in [0.717, 1.165) is 12.3 Å². The van der Waals surface area contributed by atoms with Crippen molar-refractivity contribution in [3.63, 3.8) is 0 Å². The lowest BCUT2D eigenvalue weighted by molar-refractivity contribution is 0.369. The Morgan fingerprint density at radius 3 is 2.60 bits per heavy atom. The van der Waals surface area contributed by atoms with Crippen molar-refractivity contribution in [3.8, 4) is 17.4 Å². The van der Waals surface area contributed by atoms with Crippen LogP contribution in [0.4, 0.5) is 5.82 Å². The first-order chi connectivity index (χ1) is 9.65. The number of anilines is 1. The van der Waals surface area contributed by atoms with Gasteiger partial charge in [-0.3, -0.25) is 0 Å². The highest BCUT2D eigenvalue weighted by atomic mass is 16.5. The summed E-state index contributed by atoms with van der Waals surface area (Å²) in [7, 11) is 1.58. The topological polar surface area (TPSA) is 56.3 Å². The summed E-state index contributed by atoms with van der Waals surface area (Å²) in [5.41, 5.74) is 2.39. The molecule has 106 valence electrons. The first-order valence-electron chi connectivity index (χ1n) is 6.53. The van der Waals surface area contributed by atoms with E-state index in [-0.39, 0.29) is 0 Å². The van der Waals surface area contributed by atoms with E-state index >= 15 is 0 Å². The van der Waals surface area contributed by atoms with E-state index in [1.54, 1.807) is 7.11 Å². The van der Waals surface area contributed by atoms with Gasteiger partial charge >= 0.3 is 0 Å². The molecule has 2 rings (SSSR count).